The third kappa shape index (κ3) is 2.88. The lowest BCUT2D eigenvalue weighted by Gasteiger charge is -2.21. The van der Waals surface area contributed by atoms with Gasteiger partial charge in [0.1, 0.15) is 5.82 Å². The molecular formula is C13H15BrClFN4. The van der Waals surface area contributed by atoms with Crippen LogP contribution in [0, 0.1) is 5.82 Å². The second-order valence-electron chi connectivity index (χ2n) is 4.68. The Kier molecular flexibility index (Phi) is 4.80. The van der Waals surface area contributed by atoms with E-state index in [-0.39, 0.29) is 11.9 Å². The zero-order valence-corrected chi connectivity index (χ0v) is 13.4. The van der Waals surface area contributed by atoms with E-state index < -0.39 is 6.04 Å². The van der Waals surface area contributed by atoms with Crippen LogP contribution in [0.4, 0.5) is 4.39 Å². The van der Waals surface area contributed by atoms with E-state index in [1.807, 2.05) is 13.8 Å². The smallest absolute Gasteiger partial charge is 0.128 e. The number of benzene rings is 1. The summed E-state index contributed by atoms with van der Waals surface area (Å²) in [5.41, 5.74) is 3.67. The maximum atomic E-state index is 14.1. The SMILES string of the molecule is CC(C)n1ncc(Cl)c1C(NN)c1cc(Br)ccc1F. The first kappa shape index (κ1) is 15.4. The van der Waals surface area contributed by atoms with Crippen LogP contribution in [0.2, 0.25) is 5.02 Å². The highest BCUT2D eigenvalue weighted by atomic mass is 79.9. The number of hydrogen-bond acceptors (Lipinski definition) is 3. The molecule has 1 heterocycles. The highest BCUT2D eigenvalue weighted by Gasteiger charge is 2.25. The molecule has 0 amide bonds. The largest absolute Gasteiger partial charge is 0.271 e. The summed E-state index contributed by atoms with van der Waals surface area (Å²) in [6.07, 6.45) is 1.54. The number of halogens is 3. The molecule has 3 N–H and O–H groups in total. The van der Waals surface area contributed by atoms with E-state index in [1.54, 1.807) is 16.8 Å². The molecule has 1 atom stereocenters. The van der Waals surface area contributed by atoms with Crippen molar-refractivity contribution in [2.45, 2.75) is 25.9 Å². The van der Waals surface area contributed by atoms with Crippen LogP contribution in [0.15, 0.2) is 28.9 Å². The summed E-state index contributed by atoms with van der Waals surface area (Å²) in [5.74, 6) is 5.26. The minimum Gasteiger partial charge on any atom is -0.271 e. The van der Waals surface area contributed by atoms with Gasteiger partial charge < -0.3 is 0 Å². The van der Waals surface area contributed by atoms with Crippen LogP contribution < -0.4 is 11.3 Å². The molecule has 108 valence electrons. The van der Waals surface area contributed by atoms with E-state index in [4.69, 9.17) is 17.4 Å². The van der Waals surface area contributed by atoms with E-state index in [2.05, 4.69) is 26.5 Å². The average molecular weight is 362 g/mol. The molecule has 0 aliphatic carbocycles. The Labute approximate surface area is 130 Å². The normalized spacial score (nSPS) is 12.9. The van der Waals surface area contributed by atoms with Gasteiger partial charge in [-0.3, -0.25) is 10.5 Å². The second-order valence-corrected chi connectivity index (χ2v) is 6.00. The van der Waals surface area contributed by atoms with Crippen molar-refractivity contribution in [2.75, 3.05) is 0 Å². The van der Waals surface area contributed by atoms with E-state index in [0.29, 0.717) is 16.3 Å². The summed E-state index contributed by atoms with van der Waals surface area (Å²) >= 11 is 9.52. The molecule has 4 nitrogen and oxygen atoms in total. The maximum absolute atomic E-state index is 14.1. The molecule has 2 rings (SSSR count). The fourth-order valence-corrected chi connectivity index (χ4v) is 2.70. The molecule has 0 aliphatic rings. The quantitative estimate of drug-likeness (QED) is 0.646. The molecule has 0 saturated carbocycles. The summed E-state index contributed by atoms with van der Waals surface area (Å²) in [5, 5.41) is 4.66. The number of rotatable bonds is 4. The molecule has 0 radical (unpaired) electrons. The van der Waals surface area contributed by atoms with E-state index in [1.165, 1.54) is 12.3 Å². The predicted octanol–water partition coefficient (Wildman–Crippen LogP) is 3.57. The number of nitrogens with zero attached hydrogens (tertiary/aromatic N) is 2. The molecule has 2 aromatic rings. The van der Waals surface area contributed by atoms with E-state index in [9.17, 15) is 4.39 Å². The van der Waals surface area contributed by atoms with Gasteiger partial charge in [0.25, 0.3) is 0 Å². The Morgan fingerprint density at radius 2 is 2.15 bits per heavy atom. The summed E-state index contributed by atoms with van der Waals surface area (Å²) < 4.78 is 16.6. The molecular weight excluding hydrogens is 347 g/mol. The van der Waals surface area contributed by atoms with Gasteiger partial charge in [-0.1, -0.05) is 27.5 Å². The fraction of sp³-hybridized carbons (Fsp3) is 0.308. The maximum Gasteiger partial charge on any atom is 0.128 e. The van der Waals surface area contributed by atoms with Crippen molar-refractivity contribution < 1.29 is 4.39 Å². The lowest BCUT2D eigenvalue weighted by Crippen LogP contribution is -2.32. The average Bonchev–Trinajstić information content (AvgIpc) is 2.77. The summed E-state index contributed by atoms with van der Waals surface area (Å²) in [4.78, 5) is 0. The van der Waals surface area contributed by atoms with Crippen LogP contribution in [-0.4, -0.2) is 9.78 Å². The van der Waals surface area contributed by atoms with Gasteiger partial charge in [-0.15, -0.1) is 0 Å². The third-order valence-corrected chi connectivity index (χ3v) is 3.77. The van der Waals surface area contributed by atoms with Crippen LogP contribution in [0.3, 0.4) is 0 Å². The van der Waals surface area contributed by atoms with Crippen molar-refractivity contribution in [3.63, 3.8) is 0 Å². The van der Waals surface area contributed by atoms with Crippen LogP contribution in [0.25, 0.3) is 0 Å². The predicted molar refractivity (Wildman–Crippen MR) is 80.9 cm³/mol. The van der Waals surface area contributed by atoms with Crippen LogP contribution >= 0.6 is 27.5 Å². The van der Waals surface area contributed by atoms with E-state index >= 15 is 0 Å². The van der Waals surface area contributed by atoms with Gasteiger partial charge in [0.2, 0.25) is 0 Å². The highest BCUT2D eigenvalue weighted by Crippen LogP contribution is 2.32. The van der Waals surface area contributed by atoms with Crippen molar-refractivity contribution in [3.05, 3.63) is 51.0 Å². The molecule has 0 aliphatic heterocycles. The number of hydrogen-bond donors (Lipinski definition) is 2. The molecule has 0 spiro atoms. The lowest BCUT2D eigenvalue weighted by molar-refractivity contribution is 0.467. The van der Waals surface area contributed by atoms with Gasteiger partial charge in [-0.05, 0) is 32.0 Å². The summed E-state index contributed by atoms with van der Waals surface area (Å²) in [7, 11) is 0. The van der Waals surface area contributed by atoms with E-state index in [0.717, 1.165) is 4.47 Å². The first-order valence-corrected chi connectivity index (χ1v) is 7.26. The monoisotopic (exact) mass is 360 g/mol. The van der Waals surface area contributed by atoms with Gasteiger partial charge in [-0.2, -0.15) is 5.10 Å². The van der Waals surface area contributed by atoms with Crippen molar-refractivity contribution >= 4 is 27.5 Å². The summed E-state index contributed by atoms with van der Waals surface area (Å²) in [6, 6.07) is 4.20. The van der Waals surface area contributed by atoms with Crippen molar-refractivity contribution in [2.24, 2.45) is 5.84 Å². The van der Waals surface area contributed by atoms with Gasteiger partial charge in [0.15, 0.2) is 0 Å². The minimum absolute atomic E-state index is 0.0866. The van der Waals surface area contributed by atoms with Crippen molar-refractivity contribution in [1.82, 2.24) is 15.2 Å². The number of nitrogens with one attached hydrogen (secondary N) is 1. The number of nitrogens with two attached hydrogens (primary N) is 1. The first-order chi connectivity index (χ1) is 9.45. The first-order valence-electron chi connectivity index (χ1n) is 6.09. The zero-order chi connectivity index (χ0) is 14.9. The lowest BCUT2D eigenvalue weighted by atomic mass is 10.0. The highest BCUT2D eigenvalue weighted by molar-refractivity contribution is 9.10. The minimum atomic E-state index is -0.579. The van der Waals surface area contributed by atoms with Crippen molar-refractivity contribution in [1.29, 1.82) is 0 Å². The van der Waals surface area contributed by atoms with Crippen LogP contribution in [-0.2, 0) is 0 Å². The molecule has 1 aromatic carbocycles. The molecule has 0 fully saturated rings. The van der Waals surface area contributed by atoms with Gasteiger partial charge >= 0.3 is 0 Å². The Bertz CT molecular complexity index is 614. The fourth-order valence-electron chi connectivity index (χ4n) is 2.08. The Hall–Kier alpha value is -0.950. The van der Waals surface area contributed by atoms with Crippen molar-refractivity contribution in [3.8, 4) is 0 Å². The number of aromatic nitrogens is 2. The standard InChI is InChI=1S/C13H15BrClFN4/c1-7(2)20-13(10(15)6-18-20)12(19-17)9-5-8(14)3-4-11(9)16/h3-7,12,19H,17H2,1-2H3. The Morgan fingerprint density at radius 3 is 2.75 bits per heavy atom. The van der Waals surface area contributed by atoms with Crippen LogP contribution in [0.1, 0.15) is 37.2 Å². The molecule has 7 heteroatoms. The van der Waals surface area contributed by atoms with Gasteiger partial charge in [0, 0.05) is 16.1 Å². The third-order valence-electron chi connectivity index (χ3n) is 2.99. The van der Waals surface area contributed by atoms with Gasteiger partial charge in [0.05, 0.1) is 23.0 Å². The Morgan fingerprint density at radius 1 is 1.45 bits per heavy atom. The summed E-state index contributed by atoms with van der Waals surface area (Å²) in [6.45, 7) is 3.94. The topological polar surface area (TPSA) is 55.9 Å². The zero-order valence-electron chi connectivity index (χ0n) is 11.1. The Balaban J connectivity index is 2.58. The molecule has 20 heavy (non-hydrogen) atoms. The molecule has 1 aromatic heterocycles. The number of hydrazine groups is 1. The molecule has 0 bridgehead atoms. The molecule has 1 unspecified atom stereocenters. The van der Waals surface area contributed by atoms with Crippen LogP contribution in [0.5, 0.6) is 0 Å². The second kappa shape index (κ2) is 6.22. The van der Waals surface area contributed by atoms with Gasteiger partial charge in [-0.25, -0.2) is 9.82 Å². The molecule has 0 saturated heterocycles.